The van der Waals surface area contributed by atoms with E-state index in [4.69, 9.17) is 9.47 Å². The van der Waals surface area contributed by atoms with Crippen molar-refractivity contribution in [2.45, 2.75) is 83.3 Å². The normalized spacial score (nSPS) is 18.4. The van der Waals surface area contributed by atoms with Crippen LogP contribution in [0, 0.1) is 0 Å². The van der Waals surface area contributed by atoms with Gasteiger partial charge in [0.1, 0.15) is 16.4 Å². The monoisotopic (exact) mass is 1020 g/mol. The van der Waals surface area contributed by atoms with E-state index in [9.17, 15) is 61.8 Å². The van der Waals surface area contributed by atoms with Crippen LogP contribution >= 0.6 is 0 Å². The van der Waals surface area contributed by atoms with Crippen molar-refractivity contribution in [1.82, 2.24) is 0 Å². The molecule has 4 aromatic rings. The van der Waals surface area contributed by atoms with Gasteiger partial charge in [-0.05, 0) is 98.8 Å². The number of hydrogen-bond acceptors (Lipinski definition) is 12. The lowest BCUT2D eigenvalue weighted by atomic mass is 9.76. The first-order valence-corrected chi connectivity index (χ1v) is 26.9. The second kappa shape index (κ2) is 19.7. The molecule has 0 saturated heterocycles. The van der Waals surface area contributed by atoms with E-state index in [2.05, 4.69) is 0 Å². The standard InChI is InChI=1S/C46H52N2O16S4/c1-45(2)40(48(23-25-64-5)36-19-17-32-34(43(36)45)26-30(65(51,52)53)28-38(32)67(57,58)59)14-10-7-6-8-11-15-41-46(3,21-24-63-4)44-35-27-31(66(54,55)56)29-39(68(60,61)62)33(35)18-20-37(44)47(41)22-13-9-12-16-42(49)50/h6-8,10-11,14-15,17-20,26-29H,9,12-13,16,21-25H2,1-5H3,(H4-,49,50,51,52,53,54,55,56,57,58,59,60,61,62)/p+1. The predicted molar refractivity (Wildman–Crippen MR) is 255 cm³/mol. The number of fused-ring (bicyclic) bond motifs is 6. The van der Waals surface area contributed by atoms with E-state index in [1.54, 1.807) is 42.5 Å². The van der Waals surface area contributed by atoms with Crippen LogP contribution < -0.4 is 4.90 Å². The van der Waals surface area contributed by atoms with Gasteiger partial charge in [-0.1, -0.05) is 42.9 Å². The quantitative estimate of drug-likeness (QED) is 0.0257. The van der Waals surface area contributed by atoms with E-state index in [-0.39, 0.29) is 41.2 Å². The molecule has 5 N–H and O–H groups in total. The number of carboxylic acid groups (broad SMARTS) is 1. The van der Waals surface area contributed by atoms with Crippen LogP contribution in [0.15, 0.2) is 116 Å². The molecule has 68 heavy (non-hydrogen) atoms. The average molecular weight is 1020 g/mol. The molecule has 0 saturated carbocycles. The summed E-state index contributed by atoms with van der Waals surface area (Å²) in [5.41, 5.74) is 1.89. The largest absolute Gasteiger partial charge is 0.481 e. The molecule has 2 heterocycles. The van der Waals surface area contributed by atoms with Crippen molar-refractivity contribution in [1.29, 1.82) is 0 Å². The molecule has 366 valence electrons. The van der Waals surface area contributed by atoms with Crippen molar-refractivity contribution in [3.05, 3.63) is 108 Å². The van der Waals surface area contributed by atoms with Gasteiger partial charge in [-0.3, -0.25) is 23.0 Å². The van der Waals surface area contributed by atoms with Gasteiger partial charge in [-0.25, -0.2) is 0 Å². The zero-order valence-corrected chi connectivity index (χ0v) is 41.0. The van der Waals surface area contributed by atoms with E-state index >= 15 is 0 Å². The van der Waals surface area contributed by atoms with Gasteiger partial charge in [0.25, 0.3) is 40.5 Å². The van der Waals surface area contributed by atoms with Crippen molar-refractivity contribution in [3.8, 4) is 0 Å². The van der Waals surface area contributed by atoms with E-state index < -0.39 is 76.9 Å². The number of carbonyl (C=O) groups is 1. The molecule has 22 heteroatoms. The van der Waals surface area contributed by atoms with Crippen LogP contribution in [0.1, 0.15) is 64.0 Å². The molecule has 0 fully saturated rings. The van der Waals surface area contributed by atoms with Crippen LogP contribution in [0.2, 0.25) is 0 Å². The minimum Gasteiger partial charge on any atom is -0.481 e. The number of anilines is 1. The molecule has 0 aromatic heterocycles. The van der Waals surface area contributed by atoms with Gasteiger partial charge < -0.3 is 19.5 Å². The Labute approximate surface area is 395 Å². The molecule has 0 aliphatic carbocycles. The van der Waals surface area contributed by atoms with Crippen molar-refractivity contribution >= 4 is 85.1 Å². The van der Waals surface area contributed by atoms with Crippen molar-refractivity contribution in [2.75, 3.05) is 45.4 Å². The number of unbranched alkanes of at least 4 members (excludes halogenated alkanes) is 2. The summed E-state index contributed by atoms with van der Waals surface area (Å²) >= 11 is 0. The summed E-state index contributed by atoms with van der Waals surface area (Å²) in [7, 11) is -16.7. The number of nitrogens with zero attached hydrogens (tertiary/aromatic N) is 2. The second-order valence-electron chi connectivity index (χ2n) is 17.1. The fourth-order valence-corrected chi connectivity index (χ4v) is 12.0. The van der Waals surface area contributed by atoms with Crippen LogP contribution in [0.25, 0.3) is 21.5 Å². The summed E-state index contributed by atoms with van der Waals surface area (Å²) in [6.07, 6.45) is 14.4. The summed E-state index contributed by atoms with van der Waals surface area (Å²) in [6, 6.07) is 10.1. The maximum atomic E-state index is 12.6. The summed E-state index contributed by atoms with van der Waals surface area (Å²) in [5, 5.41) is 9.65. The Morgan fingerprint density at radius 2 is 1.21 bits per heavy atom. The van der Waals surface area contributed by atoms with Crippen LogP contribution in [-0.2, 0) is 65.6 Å². The zero-order valence-electron chi connectivity index (χ0n) is 37.8. The van der Waals surface area contributed by atoms with Gasteiger partial charge in [0.2, 0.25) is 5.69 Å². The highest BCUT2D eigenvalue weighted by atomic mass is 32.2. The third kappa shape index (κ3) is 10.5. The molecule has 0 bridgehead atoms. The van der Waals surface area contributed by atoms with Crippen LogP contribution in [-0.4, -0.2) is 114 Å². The van der Waals surface area contributed by atoms with Crippen LogP contribution in [0.3, 0.4) is 0 Å². The Morgan fingerprint density at radius 3 is 1.75 bits per heavy atom. The first-order valence-electron chi connectivity index (χ1n) is 21.1. The Morgan fingerprint density at radius 1 is 0.662 bits per heavy atom. The summed E-state index contributed by atoms with van der Waals surface area (Å²) in [6.45, 7) is 6.87. The molecule has 1 atom stereocenters. The molecule has 0 spiro atoms. The lowest BCUT2D eigenvalue weighted by Crippen LogP contribution is -2.30. The molecule has 6 rings (SSSR count). The van der Waals surface area contributed by atoms with Crippen molar-refractivity contribution in [2.24, 2.45) is 0 Å². The Hall–Kier alpha value is -5.14. The van der Waals surface area contributed by atoms with Gasteiger partial charge >= 0.3 is 5.97 Å². The SMILES string of the molecule is COCC[N+]1=C(/C=C/C=C/C=C/C=C2/N(CCCCCC(=O)O)c3ccc4c(S(=O)(=O)O)cc(S(=O)(=O)O)cc4c3C2(C)CCOC)C(C)(C)c2c1ccc1c(S(=O)(=O)O)cc(S(=O)(=O)O)cc21. The summed E-state index contributed by atoms with van der Waals surface area (Å²) < 4.78 is 153. The summed E-state index contributed by atoms with van der Waals surface area (Å²) in [5.74, 6) is -0.922. The Kier molecular flexibility index (Phi) is 15.1. The van der Waals surface area contributed by atoms with Crippen LogP contribution in [0.5, 0.6) is 0 Å². The highest BCUT2D eigenvalue weighted by molar-refractivity contribution is 7.87. The smallest absolute Gasteiger partial charge is 0.303 e. The number of allylic oxidation sites excluding steroid dienone is 8. The molecule has 18 nitrogen and oxygen atoms in total. The predicted octanol–water partition coefficient (Wildman–Crippen LogP) is 7.01. The van der Waals surface area contributed by atoms with Gasteiger partial charge in [0.05, 0.1) is 15.2 Å². The fraction of sp³-hybridized carbons (Fsp3) is 0.348. The Balaban J connectivity index is 1.42. The van der Waals surface area contributed by atoms with Crippen LogP contribution in [0.4, 0.5) is 11.4 Å². The highest BCUT2D eigenvalue weighted by Gasteiger charge is 2.47. The molecule has 4 aromatic carbocycles. The van der Waals surface area contributed by atoms with Crippen molar-refractivity contribution < 1.29 is 75.8 Å². The fourth-order valence-electron chi connectivity index (χ4n) is 9.29. The van der Waals surface area contributed by atoms with Gasteiger partial charge in [0.15, 0.2) is 12.3 Å². The first kappa shape index (κ1) is 52.2. The highest BCUT2D eigenvalue weighted by Crippen LogP contribution is 2.54. The van der Waals surface area contributed by atoms with E-state index in [0.717, 1.165) is 11.4 Å². The maximum absolute atomic E-state index is 12.6. The molecular formula is C46H53N2O16S4+. The van der Waals surface area contributed by atoms with Crippen molar-refractivity contribution in [3.63, 3.8) is 0 Å². The number of benzene rings is 4. The molecule has 0 amide bonds. The van der Waals surface area contributed by atoms with E-state index in [0.29, 0.717) is 73.4 Å². The average Bonchev–Trinajstić information content (AvgIpc) is 3.61. The molecule has 0 radical (unpaired) electrons. The number of rotatable bonds is 20. The number of ether oxygens (including phenoxy) is 2. The number of aliphatic carboxylic acids is 1. The lowest BCUT2D eigenvalue weighted by Gasteiger charge is -2.30. The minimum absolute atomic E-state index is 0.0165. The maximum Gasteiger partial charge on any atom is 0.303 e. The second-order valence-corrected chi connectivity index (χ2v) is 22.7. The third-order valence-corrected chi connectivity index (χ3v) is 15.8. The molecule has 2 aliphatic rings. The Bertz CT molecular complexity index is 3320. The van der Waals surface area contributed by atoms with E-state index in [1.807, 2.05) is 42.4 Å². The molecular weight excluding hydrogens is 965 g/mol. The third-order valence-electron chi connectivity index (χ3n) is 12.3. The van der Waals surface area contributed by atoms with Gasteiger partial charge in [-0.2, -0.15) is 38.2 Å². The molecule has 2 aliphatic heterocycles. The first-order chi connectivity index (χ1) is 31.7. The van der Waals surface area contributed by atoms with Gasteiger partial charge in [0, 0.05) is 79.1 Å². The molecule has 1 unspecified atom stereocenters. The summed E-state index contributed by atoms with van der Waals surface area (Å²) in [4.78, 5) is 10.4. The zero-order chi connectivity index (χ0) is 50.2. The number of methoxy groups -OCH3 is 2. The topological polar surface area (TPSA) is 279 Å². The van der Waals surface area contributed by atoms with Gasteiger partial charge in [-0.15, -0.1) is 0 Å². The lowest BCUT2D eigenvalue weighted by molar-refractivity contribution is -0.441. The number of carboxylic acids is 1. The van der Waals surface area contributed by atoms with E-state index in [1.165, 1.54) is 38.5 Å². The minimum atomic E-state index is -4.99. The number of hydrogen-bond donors (Lipinski definition) is 5.